The van der Waals surface area contributed by atoms with Crippen LogP contribution in [0, 0.1) is 0 Å². The Hall–Kier alpha value is -0.830. The highest BCUT2D eigenvalue weighted by Gasteiger charge is 2.14. The number of aliphatic hydroxyl groups excluding tert-OH is 1. The second-order valence-corrected chi connectivity index (χ2v) is 2.21. The van der Waals surface area contributed by atoms with Gasteiger partial charge >= 0.3 is 5.97 Å². The molecule has 0 aromatic carbocycles. The van der Waals surface area contributed by atoms with Gasteiger partial charge in [0.1, 0.15) is 6.10 Å². The van der Waals surface area contributed by atoms with E-state index in [1.165, 1.54) is 6.08 Å². The van der Waals surface area contributed by atoms with Gasteiger partial charge in [-0.1, -0.05) is 6.08 Å². The second-order valence-electron chi connectivity index (χ2n) is 2.21. The molecule has 0 saturated heterocycles. The average molecular weight is 142 g/mol. The van der Waals surface area contributed by atoms with Crippen molar-refractivity contribution in [2.75, 3.05) is 6.61 Å². The Morgan fingerprint density at radius 3 is 3.20 bits per heavy atom. The molecule has 0 saturated carbocycles. The van der Waals surface area contributed by atoms with E-state index in [-0.39, 0.29) is 18.7 Å². The zero-order valence-corrected chi connectivity index (χ0v) is 5.62. The first kappa shape index (κ1) is 7.28. The fourth-order valence-electron chi connectivity index (χ4n) is 0.888. The van der Waals surface area contributed by atoms with Crippen LogP contribution in [0.5, 0.6) is 0 Å². The SMILES string of the molecule is O=C1C=CC[C@H](CCO)O1. The molecule has 0 aliphatic carbocycles. The molecule has 0 fully saturated rings. The topological polar surface area (TPSA) is 46.5 Å². The maximum Gasteiger partial charge on any atom is 0.330 e. The molecule has 1 heterocycles. The van der Waals surface area contributed by atoms with Gasteiger partial charge in [-0.15, -0.1) is 0 Å². The summed E-state index contributed by atoms with van der Waals surface area (Å²) < 4.78 is 4.84. The molecular formula is C7H10O3. The van der Waals surface area contributed by atoms with Crippen molar-refractivity contribution in [2.45, 2.75) is 18.9 Å². The smallest absolute Gasteiger partial charge is 0.330 e. The molecule has 56 valence electrons. The van der Waals surface area contributed by atoms with E-state index in [4.69, 9.17) is 9.84 Å². The fourth-order valence-corrected chi connectivity index (χ4v) is 0.888. The monoisotopic (exact) mass is 142 g/mol. The van der Waals surface area contributed by atoms with Crippen LogP contribution in [-0.2, 0) is 9.53 Å². The van der Waals surface area contributed by atoms with Gasteiger partial charge in [-0.3, -0.25) is 0 Å². The Labute approximate surface area is 59.3 Å². The molecule has 0 radical (unpaired) electrons. The van der Waals surface area contributed by atoms with E-state index in [0.717, 1.165) is 6.42 Å². The number of cyclic esters (lactones) is 1. The maximum absolute atomic E-state index is 10.6. The van der Waals surface area contributed by atoms with Gasteiger partial charge in [0.05, 0.1) is 0 Å². The molecule has 3 nitrogen and oxygen atoms in total. The zero-order valence-electron chi connectivity index (χ0n) is 5.62. The molecular weight excluding hydrogens is 132 g/mol. The van der Waals surface area contributed by atoms with E-state index in [9.17, 15) is 4.79 Å². The summed E-state index contributed by atoms with van der Waals surface area (Å²) in [5.41, 5.74) is 0. The van der Waals surface area contributed by atoms with Crippen molar-refractivity contribution >= 4 is 5.97 Å². The summed E-state index contributed by atoms with van der Waals surface area (Å²) in [4.78, 5) is 10.6. The summed E-state index contributed by atoms with van der Waals surface area (Å²) in [6.45, 7) is 0.0752. The molecule has 0 unspecified atom stereocenters. The zero-order chi connectivity index (χ0) is 7.40. The number of hydrogen-bond donors (Lipinski definition) is 1. The minimum atomic E-state index is -0.301. The summed E-state index contributed by atoms with van der Waals surface area (Å²) >= 11 is 0. The second kappa shape index (κ2) is 3.37. The van der Waals surface area contributed by atoms with Crippen molar-refractivity contribution in [3.63, 3.8) is 0 Å². The highest BCUT2D eigenvalue weighted by molar-refractivity contribution is 5.82. The van der Waals surface area contributed by atoms with Gasteiger partial charge in [0.15, 0.2) is 0 Å². The first-order valence-electron chi connectivity index (χ1n) is 3.31. The molecule has 0 bridgehead atoms. The molecule has 0 aromatic heterocycles. The van der Waals surface area contributed by atoms with Crippen LogP contribution >= 0.6 is 0 Å². The Morgan fingerprint density at radius 1 is 1.80 bits per heavy atom. The summed E-state index contributed by atoms with van der Waals surface area (Å²) in [7, 11) is 0. The normalized spacial score (nSPS) is 24.5. The van der Waals surface area contributed by atoms with Crippen LogP contribution in [0.15, 0.2) is 12.2 Å². The fraction of sp³-hybridized carbons (Fsp3) is 0.571. The number of carbonyl (C=O) groups excluding carboxylic acids is 1. The van der Waals surface area contributed by atoms with Crippen molar-refractivity contribution in [3.05, 3.63) is 12.2 Å². The number of ether oxygens (including phenoxy) is 1. The van der Waals surface area contributed by atoms with Gasteiger partial charge in [0.2, 0.25) is 0 Å². The Bertz CT molecular complexity index is 151. The third-order valence-electron chi connectivity index (χ3n) is 1.39. The predicted octanol–water partition coefficient (Wildman–Crippen LogP) is 0.240. The van der Waals surface area contributed by atoms with Gasteiger partial charge in [-0.25, -0.2) is 4.79 Å². The van der Waals surface area contributed by atoms with E-state index in [1.807, 2.05) is 0 Å². The lowest BCUT2D eigenvalue weighted by molar-refractivity contribution is -0.144. The highest BCUT2D eigenvalue weighted by Crippen LogP contribution is 2.09. The van der Waals surface area contributed by atoms with Crippen LogP contribution in [0.25, 0.3) is 0 Å². The lowest BCUT2D eigenvalue weighted by atomic mass is 10.1. The van der Waals surface area contributed by atoms with Gasteiger partial charge in [0, 0.05) is 25.5 Å². The molecule has 1 aliphatic heterocycles. The maximum atomic E-state index is 10.6. The number of esters is 1. The van der Waals surface area contributed by atoms with Crippen LogP contribution in [0.4, 0.5) is 0 Å². The Morgan fingerprint density at radius 2 is 2.60 bits per heavy atom. The van der Waals surface area contributed by atoms with E-state index in [1.54, 1.807) is 6.08 Å². The summed E-state index contributed by atoms with van der Waals surface area (Å²) in [5, 5.41) is 8.49. The summed E-state index contributed by atoms with van der Waals surface area (Å²) in [5.74, 6) is -0.301. The van der Waals surface area contributed by atoms with E-state index >= 15 is 0 Å². The van der Waals surface area contributed by atoms with E-state index in [0.29, 0.717) is 6.42 Å². The molecule has 1 N–H and O–H groups in total. The van der Waals surface area contributed by atoms with Gasteiger partial charge < -0.3 is 9.84 Å². The van der Waals surface area contributed by atoms with E-state index in [2.05, 4.69) is 0 Å². The highest BCUT2D eigenvalue weighted by atomic mass is 16.5. The predicted molar refractivity (Wildman–Crippen MR) is 35.3 cm³/mol. The largest absolute Gasteiger partial charge is 0.459 e. The lowest BCUT2D eigenvalue weighted by Gasteiger charge is -2.16. The molecule has 1 atom stereocenters. The third kappa shape index (κ3) is 1.84. The number of carbonyl (C=O) groups is 1. The molecule has 3 heteroatoms. The number of hydrogen-bond acceptors (Lipinski definition) is 3. The quantitative estimate of drug-likeness (QED) is 0.562. The first-order chi connectivity index (χ1) is 4.83. The summed E-state index contributed by atoms with van der Waals surface area (Å²) in [6, 6.07) is 0. The van der Waals surface area contributed by atoms with Crippen molar-refractivity contribution in [2.24, 2.45) is 0 Å². The Balaban J connectivity index is 2.36. The average Bonchev–Trinajstić information content (AvgIpc) is 1.88. The van der Waals surface area contributed by atoms with Crippen molar-refractivity contribution < 1.29 is 14.6 Å². The minimum absolute atomic E-state index is 0.0752. The van der Waals surface area contributed by atoms with Crippen LogP contribution < -0.4 is 0 Å². The molecule has 1 aliphatic rings. The minimum Gasteiger partial charge on any atom is -0.459 e. The first-order valence-corrected chi connectivity index (χ1v) is 3.31. The number of rotatable bonds is 2. The lowest BCUT2D eigenvalue weighted by Crippen LogP contribution is -2.20. The van der Waals surface area contributed by atoms with Crippen LogP contribution in [-0.4, -0.2) is 23.8 Å². The van der Waals surface area contributed by atoms with Crippen LogP contribution in [0.2, 0.25) is 0 Å². The molecule has 0 aromatic rings. The molecule has 1 rings (SSSR count). The van der Waals surface area contributed by atoms with Gasteiger partial charge in [-0.2, -0.15) is 0 Å². The van der Waals surface area contributed by atoms with Gasteiger partial charge in [-0.05, 0) is 0 Å². The van der Waals surface area contributed by atoms with Crippen LogP contribution in [0.1, 0.15) is 12.8 Å². The standard InChI is InChI=1S/C7H10O3/c8-5-4-6-2-1-3-7(9)10-6/h1,3,6,8H,2,4-5H2/t6-/m1/s1. The van der Waals surface area contributed by atoms with Gasteiger partial charge in [0.25, 0.3) is 0 Å². The van der Waals surface area contributed by atoms with Crippen molar-refractivity contribution in [1.82, 2.24) is 0 Å². The van der Waals surface area contributed by atoms with Crippen molar-refractivity contribution in [1.29, 1.82) is 0 Å². The Kier molecular flexibility index (Phi) is 2.45. The third-order valence-corrected chi connectivity index (χ3v) is 1.39. The van der Waals surface area contributed by atoms with Crippen molar-refractivity contribution in [3.8, 4) is 0 Å². The summed E-state index contributed by atoms with van der Waals surface area (Å²) in [6.07, 6.45) is 4.34. The van der Waals surface area contributed by atoms with E-state index < -0.39 is 0 Å². The molecule has 10 heavy (non-hydrogen) atoms. The van der Waals surface area contributed by atoms with Crippen LogP contribution in [0.3, 0.4) is 0 Å². The number of aliphatic hydroxyl groups is 1. The molecule has 0 amide bonds. The molecule has 0 spiro atoms.